The second-order valence-electron chi connectivity index (χ2n) is 6.30. The van der Waals surface area contributed by atoms with E-state index in [4.69, 9.17) is 4.74 Å². The van der Waals surface area contributed by atoms with E-state index in [0.717, 1.165) is 30.0 Å². The van der Waals surface area contributed by atoms with Crippen molar-refractivity contribution < 1.29 is 13.9 Å². The predicted molar refractivity (Wildman–Crippen MR) is 94.1 cm³/mol. The van der Waals surface area contributed by atoms with Gasteiger partial charge in [-0.05, 0) is 30.7 Å². The van der Waals surface area contributed by atoms with Crippen LogP contribution in [0.15, 0.2) is 42.6 Å². The molecule has 0 spiro atoms. The van der Waals surface area contributed by atoms with Gasteiger partial charge in [0.1, 0.15) is 11.9 Å². The Morgan fingerprint density at radius 2 is 2.12 bits per heavy atom. The summed E-state index contributed by atoms with van der Waals surface area (Å²) in [5, 5.41) is 2.86. The Labute approximate surface area is 146 Å². The minimum atomic E-state index is -0.467. The van der Waals surface area contributed by atoms with E-state index in [0.29, 0.717) is 6.54 Å². The van der Waals surface area contributed by atoms with Gasteiger partial charge < -0.3 is 15.0 Å². The lowest BCUT2D eigenvalue weighted by molar-refractivity contribution is -0.119. The quantitative estimate of drug-likeness (QED) is 0.848. The fraction of sp³-hybridized carbons (Fsp3) is 0.368. The number of carbonyl (C=O) groups excluding carboxylic acids is 1. The first kappa shape index (κ1) is 17.2. The minimum Gasteiger partial charge on any atom is -0.489 e. The van der Waals surface area contributed by atoms with Crippen molar-refractivity contribution in [3.63, 3.8) is 0 Å². The van der Waals surface area contributed by atoms with Crippen LogP contribution in [0.2, 0.25) is 0 Å². The molecule has 1 fully saturated rings. The molecule has 132 valence electrons. The Morgan fingerprint density at radius 1 is 1.36 bits per heavy atom. The molecule has 0 radical (unpaired) electrons. The monoisotopic (exact) mass is 343 g/mol. The zero-order chi connectivity index (χ0) is 17.8. The van der Waals surface area contributed by atoms with Crippen molar-refractivity contribution in [2.24, 2.45) is 0 Å². The van der Waals surface area contributed by atoms with Crippen LogP contribution in [0, 0.1) is 5.95 Å². The maximum atomic E-state index is 13.3. The van der Waals surface area contributed by atoms with Crippen LogP contribution in [0.3, 0.4) is 0 Å². The largest absolute Gasteiger partial charge is 0.489 e. The van der Waals surface area contributed by atoms with Crippen LogP contribution in [-0.4, -0.2) is 30.1 Å². The highest BCUT2D eigenvalue weighted by Crippen LogP contribution is 2.24. The Bertz CT molecular complexity index is 736. The molecular weight excluding hydrogens is 321 g/mol. The molecule has 1 aliphatic rings. The molecule has 1 N–H and O–H groups in total. The molecule has 2 aromatic rings. The van der Waals surface area contributed by atoms with E-state index >= 15 is 0 Å². The third-order valence-corrected chi connectivity index (χ3v) is 4.32. The summed E-state index contributed by atoms with van der Waals surface area (Å²) in [6, 6.07) is 11.0. The number of anilines is 1. The molecule has 1 amide bonds. The fourth-order valence-corrected chi connectivity index (χ4v) is 3.06. The first-order valence-corrected chi connectivity index (χ1v) is 8.41. The average molecular weight is 343 g/mol. The number of halogens is 1. The molecule has 6 heteroatoms. The second kappa shape index (κ2) is 7.51. The van der Waals surface area contributed by atoms with E-state index in [9.17, 15) is 9.18 Å². The Kier molecular flexibility index (Phi) is 5.16. The van der Waals surface area contributed by atoms with E-state index in [2.05, 4.69) is 15.2 Å². The lowest BCUT2D eigenvalue weighted by Gasteiger charge is -2.19. The number of nitrogens with zero attached hydrogens (tertiary/aromatic N) is 2. The van der Waals surface area contributed by atoms with E-state index in [1.54, 1.807) is 0 Å². The smallest absolute Gasteiger partial charge is 0.217 e. The fourth-order valence-electron chi connectivity index (χ4n) is 3.06. The van der Waals surface area contributed by atoms with Crippen LogP contribution >= 0.6 is 0 Å². The van der Waals surface area contributed by atoms with Gasteiger partial charge >= 0.3 is 0 Å². The van der Waals surface area contributed by atoms with Gasteiger partial charge in [-0.1, -0.05) is 12.1 Å². The molecule has 1 aromatic carbocycles. The van der Waals surface area contributed by atoms with Crippen LogP contribution in [-0.2, 0) is 4.79 Å². The van der Waals surface area contributed by atoms with Gasteiger partial charge in [-0.25, -0.2) is 4.98 Å². The normalized spacial score (nSPS) is 18.0. The summed E-state index contributed by atoms with van der Waals surface area (Å²) in [5.74, 6) is 0.281. The van der Waals surface area contributed by atoms with E-state index < -0.39 is 5.95 Å². The predicted octanol–water partition coefficient (Wildman–Crippen LogP) is 3.08. The number of benzene rings is 1. The first-order chi connectivity index (χ1) is 12.0. The van der Waals surface area contributed by atoms with Crippen molar-refractivity contribution in [1.29, 1.82) is 0 Å². The number of rotatable bonds is 5. The Balaban J connectivity index is 1.57. The molecule has 0 aliphatic carbocycles. The third-order valence-electron chi connectivity index (χ3n) is 4.32. The maximum absolute atomic E-state index is 13.3. The summed E-state index contributed by atoms with van der Waals surface area (Å²) in [5.41, 5.74) is 1.86. The van der Waals surface area contributed by atoms with E-state index in [-0.39, 0.29) is 18.1 Å². The lowest BCUT2D eigenvalue weighted by Crippen LogP contribution is -2.25. The van der Waals surface area contributed by atoms with Gasteiger partial charge in [0.2, 0.25) is 11.9 Å². The zero-order valence-corrected chi connectivity index (χ0v) is 14.4. The van der Waals surface area contributed by atoms with Crippen molar-refractivity contribution in [2.45, 2.75) is 32.4 Å². The maximum Gasteiger partial charge on any atom is 0.217 e. The van der Waals surface area contributed by atoms with E-state index in [1.807, 2.05) is 37.3 Å². The van der Waals surface area contributed by atoms with Crippen LogP contribution in [0.5, 0.6) is 5.75 Å². The number of pyridine rings is 1. The molecule has 1 aromatic heterocycles. The Hall–Kier alpha value is -2.63. The summed E-state index contributed by atoms with van der Waals surface area (Å²) in [7, 11) is 0. The second-order valence-corrected chi connectivity index (χ2v) is 6.30. The highest BCUT2D eigenvalue weighted by molar-refractivity contribution is 5.73. The number of ether oxygens (including phenoxy) is 1. The molecule has 5 nitrogen and oxygen atoms in total. The summed E-state index contributed by atoms with van der Waals surface area (Å²) in [6.45, 7) is 4.99. The number of amides is 1. The third kappa shape index (κ3) is 4.47. The summed E-state index contributed by atoms with van der Waals surface area (Å²) < 4.78 is 19.3. The van der Waals surface area contributed by atoms with Gasteiger partial charge in [0.05, 0.1) is 12.6 Å². The summed E-state index contributed by atoms with van der Waals surface area (Å²) in [4.78, 5) is 16.8. The topological polar surface area (TPSA) is 54.5 Å². The number of aromatic nitrogens is 1. The molecule has 1 saturated heterocycles. The minimum absolute atomic E-state index is 0.0323. The van der Waals surface area contributed by atoms with Gasteiger partial charge in [-0.2, -0.15) is 4.39 Å². The lowest BCUT2D eigenvalue weighted by atomic mass is 10.1. The highest BCUT2D eigenvalue weighted by atomic mass is 19.1. The zero-order valence-electron chi connectivity index (χ0n) is 14.4. The van der Waals surface area contributed by atoms with Crippen LogP contribution in [0.4, 0.5) is 10.1 Å². The van der Waals surface area contributed by atoms with Crippen molar-refractivity contribution in [3.05, 3.63) is 54.1 Å². The van der Waals surface area contributed by atoms with Crippen molar-refractivity contribution in [2.75, 3.05) is 18.0 Å². The molecule has 2 heterocycles. The first-order valence-electron chi connectivity index (χ1n) is 8.41. The molecule has 0 bridgehead atoms. The average Bonchev–Trinajstić information content (AvgIpc) is 3.03. The molecule has 0 saturated carbocycles. The number of carbonyl (C=O) groups is 1. The SMILES string of the molecule is CC(=O)N[C@@H](C)c1ccc(O[C@@H]2CCN(c3ccnc(F)c3)C2)cc1. The number of hydrogen-bond acceptors (Lipinski definition) is 4. The van der Waals surface area contributed by atoms with Gasteiger partial charge in [0.25, 0.3) is 0 Å². The van der Waals surface area contributed by atoms with Crippen LogP contribution in [0.25, 0.3) is 0 Å². The van der Waals surface area contributed by atoms with Crippen LogP contribution < -0.4 is 15.0 Å². The standard InChI is InChI=1S/C19H22FN3O2/c1-13(22-14(2)24)15-3-5-17(6-4-15)25-18-8-10-23(12-18)16-7-9-21-19(20)11-16/h3-7,9,11,13,18H,8,10,12H2,1-2H3,(H,22,24)/t13-,18+/m0/s1. The number of hydrogen-bond donors (Lipinski definition) is 1. The Morgan fingerprint density at radius 3 is 2.80 bits per heavy atom. The molecule has 25 heavy (non-hydrogen) atoms. The highest BCUT2D eigenvalue weighted by Gasteiger charge is 2.24. The molecule has 2 atom stereocenters. The van der Waals surface area contributed by atoms with Crippen molar-refractivity contribution >= 4 is 11.6 Å². The van der Waals surface area contributed by atoms with Gasteiger partial charge in [0, 0.05) is 37.8 Å². The molecule has 0 unspecified atom stereocenters. The molecule has 1 aliphatic heterocycles. The van der Waals surface area contributed by atoms with Crippen molar-refractivity contribution in [3.8, 4) is 5.75 Å². The van der Waals surface area contributed by atoms with Gasteiger partial charge in [-0.3, -0.25) is 4.79 Å². The van der Waals surface area contributed by atoms with Gasteiger partial charge in [-0.15, -0.1) is 0 Å². The van der Waals surface area contributed by atoms with Crippen molar-refractivity contribution in [1.82, 2.24) is 10.3 Å². The summed E-state index contributed by atoms with van der Waals surface area (Å²) in [6.07, 6.45) is 2.43. The van der Waals surface area contributed by atoms with Gasteiger partial charge in [0.15, 0.2) is 0 Å². The number of nitrogens with one attached hydrogen (secondary N) is 1. The van der Waals surface area contributed by atoms with E-state index in [1.165, 1.54) is 19.2 Å². The molecule has 3 rings (SSSR count). The summed E-state index contributed by atoms with van der Waals surface area (Å²) >= 11 is 0. The molecular formula is C19H22FN3O2. The van der Waals surface area contributed by atoms with Crippen LogP contribution in [0.1, 0.15) is 31.9 Å².